The Morgan fingerprint density at radius 1 is 0.923 bits per heavy atom. The number of nitrogens with zero attached hydrogens (tertiary/aromatic N) is 1. The second-order valence-electron chi connectivity index (χ2n) is 4.51. The van der Waals surface area contributed by atoms with Crippen LogP contribution in [0.25, 0.3) is 0 Å². The van der Waals surface area contributed by atoms with E-state index in [4.69, 9.17) is 0 Å². The lowest BCUT2D eigenvalue weighted by Gasteiger charge is -2.32. The van der Waals surface area contributed by atoms with Crippen molar-refractivity contribution in [1.29, 1.82) is 0 Å². The molecule has 0 aromatic carbocycles. The van der Waals surface area contributed by atoms with Crippen LogP contribution in [0, 0.1) is 5.41 Å². The molecule has 0 rings (SSSR count). The third-order valence-electron chi connectivity index (χ3n) is 3.37. The standard InChI is InChI=1S/C12H27N/c1-6-9-12(7-2,8-3)10-11-13(4)5/h6-11H2,1-5H3. The molecule has 0 heterocycles. The molecule has 0 aliphatic heterocycles. The Bertz CT molecular complexity index is 114. The van der Waals surface area contributed by atoms with Crippen LogP contribution < -0.4 is 0 Å². The van der Waals surface area contributed by atoms with Gasteiger partial charge in [-0.05, 0) is 38.9 Å². The second-order valence-corrected chi connectivity index (χ2v) is 4.51. The van der Waals surface area contributed by atoms with Crippen molar-refractivity contribution in [2.75, 3.05) is 20.6 Å². The van der Waals surface area contributed by atoms with Crippen LogP contribution >= 0.6 is 0 Å². The fraction of sp³-hybridized carbons (Fsp3) is 1.00. The Morgan fingerprint density at radius 2 is 1.46 bits per heavy atom. The Labute approximate surface area is 84.5 Å². The van der Waals surface area contributed by atoms with Crippen molar-refractivity contribution in [1.82, 2.24) is 4.90 Å². The maximum atomic E-state index is 2.34. The molecule has 0 aromatic rings. The third kappa shape index (κ3) is 4.66. The summed E-state index contributed by atoms with van der Waals surface area (Å²) in [4.78, 5) is 2.30. The molecule has 0 saturated heterocycles. The van der Waals surface area contributed by atoms with E-state index in [1.165, 1.54) is 38.6 Å². The maximum Gasteiger partial charge on any atom is -0.00195 e. The molecule has 0 fully saturated rings. The zero-order valence-electron chi connectivity index (χ0n) is 10.2. The molecule has 0 amide bonds. The molecule has 0 aliphatic carbocycles. The summed E-state index contributed by atoms with van der Waals surface area (Å²) in [5.41, 5.74) is 0.624. The van der Waals surface area contributed by atoms with Gasteiger partial charge in [-0.25, -0.2) is 0 Å². The van der Waals surface area contributed by atoms with E-state index in [0.717, 1.165) is 0 Å². The molecular weight excluding hydrogens is 158 g/mol. The summed E-state index contributed by atoms with van der Waals surface area (Å²) in [6.07, 6.45) is 6.76. The van der Waals surface area contributed by atoms with Gasteiger partial charge in [0.15, 0.2) is 0 Å². The molecule has 0 N–H and O–H groups in total. The summed E-state index contributed by atoms with van der Waals surface area (Å²) in [5, 5.41) is 0. The van der Waals surface area contributed by atoms with E-state index < -0.39 is 0 Å². The average Bonchev–Trinajstić information content (AvgIpc) is 2.12. The van der Waals surface area contributed by atoms with Gasteiger partial charge in [0.05, 0.1) is 0 Å². The average molecular weight is 185 g/mol. The summed E-state index contributed by atoms with van der Waals surface area (Å²) in [7, 11) is 4.34. The Morgan fingerprint density at radius 3 is 1.77 bits per heavy atom. The minimum atomic E-state index is 0.624. The lowest BCUT2D eigenvalue weighted by Crippen LogP contribution is -2.25. The SMILES string of the molecule is CCCC(CC)(CC)CCN(C)C. The van der Waals surface area contributed by atoms with Crippen molar-refractivity contribution in [3.8, 4) is 0 Å². The van der Waals surface area contributed by atoms with Crippen LogP contribution in [0.15, 0.2) is 0 Å². The molecule has 1 nitrogen and oxygen atoms in total. The monoisotopic (exact) mass is 185 g/mol. The van der Waals surface area contributed by atoms with Gasteiger partial charge in [-0.1, -0.05) is 40.0 Å². The van der Waals surface area contributed by atoms with Gasteiger partial charge in [0, 0.05) is 0 Å². The minimum absolute atomic E-state index is 0.624. The first-order chi connectivity index (χ1) is 6.10. The third-order valence-corrected chi connectivity index (χ3v) is 3.37. The van der Waals surface area contributed by atoms with E-state index in [-0.39, 0.29) is 0 Å². The van der Waals surface area contributed by atoms with E-state index >= 15 is 0 Å². The summed E-state index contributed by atoms with van der Waals surface area (Å²) in [6.45, 7) is 8.22. The molecule has 0 spiro atoms. The van der Waals surface area contributed by atoms with Gasteiger partial charge < -0.3 is 4.90 Å². The molecule has 1 heteroatoms. The minimum Gasteiger partial charge on any atom is -0.309 e. The summed E-state index contributed by atoms with van der Waals surface area (Å²) in [5.74, 6) is 0. The highest BCUT2D eigenvalue weighted by molar-refractivity contribution is 4.76. The second kappa shape index (κ2) is 6.42. The van der Waals surface area contributed by atoms with Gasteiger partial charge in [-0.15, -0.1) is 0 Å². The lowest BCUT2D eigenvalue weighted by molar-refractivity contribution is 0.190. The van der Waals surface area contributed by atoms with Crippen LogP contribution in [0.5, 0.6) is 0 Å². The van der Waals surface area contributed by atoms with Gasteiger partial charge in [0.1, 0.15) is 0 Å². The van der Waals surface area contributed by atoms with Crippen molar-refractivity contribution < 1.29 is 0 Å². The topological polar surface area (TPSA) is 3.24 Å². The highest BCUT2D eigenvalue weighted by Crippen LogP contribution is 2.35. The van der Waals surface area contributed by atoms with Crippen LogP contribution in [0.3, 0.4) is 0 Å². The lowest BCUT2D eigenvalue weighted by atomic mass is 9.75. The van der Waals surface area contributed by atoms with E-state index in [0.29, 0.717) is 5.41 Å². The Kier molecular flexibility index (Phi) is 6.40. The molecule has 80 valence electrons. The maximum absolute atomic E-state index is 2.34. The van der Waals surface area contributed by atoms with Crippen LogP contribution in [-0.4, -0.2) is 25.5 Å². The molecule has 0 aromatic heterocycles. The van der Waals surface area contributed by atoms with Crippen molar-refractivity contribution in [2.45, 2.75) is 52.9 Å². The van der Waals surface area contributed by atoms with Crippen molar-refractivity contribution in [3.63, 3.8) is 0 Å². The number of hydrogen-bond donors (Lipinski definition) is 0. The first kappa shape index (κ1) is 13.0. The Balaban J connectivity index is 4.04. The first-order valence-corrected chi connectivity index (χ1v) is 5.75. The smallest absolute Gasteiger partial charge is 0.00195 e. The fourth-order valence-corrected chi connectivity index (χ4v) is 2.07. The summed E-state index contributed by atoms with van der Waals surface area (Å²) >= 11 is 0. The van der Waals surface area contributed by atoms with Crippen molar-refractivity contribution in [3.05, 3.63) is 0 Å². The largest absolute Gasteiger partial charge is 0.309 e. The zero-order valence-corrected chi connectivity index (χ0v) is 10.2. The highest BCUT2D eigenvalue weighted by Gasteiger charge is 2.24. The molecule has 0 unspecified atom stereocenters. The van der Waals surface area contributed by atoms with Crippen molar-refractivity contribution >= 4 is 0 Å². The van der Waals surface area contributed by atoms with Crippen LogP contribution in [-0.2, 0) is 0 Å². The van der Waals surface area contributed by atoms with Crippen LogP contribution in [0.2, 0.25) is 0 Å². The first-order valence-electron chi connectivity index (χ1n) is 5.75. The van der Waals surface area contributed by atoms with Gasteiger partial charge in [0.2, 0.25) is 0 Å². The van der Waals surface area contributed by atoms with Crippen LogP contribution in [0.4, 0.5) is 0 Å². The van der Waals surface area contributed by atoms with Gasteiger partial charge in [-0.2, -0.15) is 0 Å². The quantitative estimate of drug-likeness (QED) is 0.586. The molecule has 0 atom stereocenters. The predicted molar refractivity (Wildman–Crippen MR) is 61.1 cm³/mol. The van der Waals surface area contributed by atoms with Crippen LogP contribution in [0.1, 0.15) is 52.9 Å². The molecule has 13 heavy (non-hydrogen) atoms. The number of rotatable bonds is 7. The number of hydrogen-bond acceptors (Lipinski definition) is 1. The van der Waals surface area contributed by atoms with Crippen molar-refractivity contribution in [2.24, 2.45) is 5.41 Å². The summed E-state index contributed by atoms with van der Waals surface area (Å²) in [6, 6.07) is 0. The van der Waals surface area contributed by atoms with Gasteiger partial charge in [0.25, 0.3) is 0 Å². The zero-order chi connectivity index (χ0) is 10.3. The summed E-state index contributed by atoms with van der Waals surface area (Å²) < 4.78 is 0. The van der Waals surface area contributed by atoms with Gasteiger partial charge >= 0.3 is 0 Å². The van der Waals surface area contributed by atoms with E-state index in [1.807, 2.05) is 0 Å². The molecule has 0 aliphatic rings. The fourth-order valence-electron chi connectivity index (χ4n) is 2.07. The van der Waals surface area contributed by atoms with E-state index in [2.05, 4.69) is 39.8 Å². The van der Waals surface area contributed by atoms with E-state index in [9.17, 15) is 0 Å². The highest BCUT2D eigenvalue weighted by atomic mass is 15.0. The predicted octanol–water partition coefficient (Wildman–Crippen LogP) is 3.54. The molecule has 0 bridgehead atoms. The molecular formula is C12H27N. The molecule has 0 radical (unpaired) electrons. The normalized spacial score (nSPS) is 12.5. The molecule has 0 saturated carbocycles. The van der Waals surface area contributed by atoms with E-state index in [1.54, 1.807) is 0 Å². The van der Waals surface area contributed by atoms with Gasteiger partial charge in [-0.3, -0.25) is 0 Å². The Hall–Kier alpha value is -0.0400.